The van der Waals surface area contributed by atoms with Crippen LogP contribution < -0.4 is 5.32 Å². The van der Waals surface area contributed by atoms with E-state index in [1.807, 2.05) is 6.08 Å². The molecule has 2 nitrogen and oxygen atoms in total. The van der Waals surface area contributed by atoms with Crippen LogP contribution in [0.25, 0.3) is 0 Å². The lowest BCUT2D eigenvalue weighted by Gasteiger charge is -2.29. The van der Waals surface area contributed by atoms with Gasteiger partial charge in [0.05, 0.1) is 0 Å². The molecule has 2 heteroatoms. The highest BCUT2D eigenvalue weighted by Crippen LogP contribution is 2.24. The number of ketones is 1. The minimum absolute atomic E-state index is 0.197. The van der Waals surface area contributed by atoms with Gasteiger partial charge in [-0.25, -0.2) is 0 Å². The quantitative estimate of drug-likeness (QED) is 0.589. The molecule has 122 valence electrons. The van der Waals surface area contributed by atoms with Crippen molar-refractivity contribution in [3.63, 3.8) is 0 Å². The molecular formula is C19H35NO. The molecule has 0 aromatic carbocycles. The van der Waals surface area contributed by atoms with Crippen LogP contribution in [-0.2, 0) is 4.79 Å². The monoisotopic (exact) mass is 293 g/mol. The fourth-order valence-electron chi connectivity index (χ4n) is 3.45. The van der Waals surface area contributed by atoms with Crippen LogP contribution in [0.1, 0.15) is 85.5 Å². The Morgan fingerprint density at radius 1 is 0.952 bits per heavy atom. The van der Waals surface area contributed by atoms with E-state index in [2.05, 4.69) is 33.0 Å². The number of nitrogens with one attached hydrogen (secondary N) is 1. The first-order valence-electron chi connectivity index (χ1n) is 9.18. The summed E-state index contributed by atoms with van der Waals surface area (Å²) in [5.74, 6) is 1.03. The average Bonchev–Trinajstić information content (AvgIpc) is 2.50. The summed E-state index contributed by atoms with van der Waals surface area (Å²) < 4.78 is 0. The van der Waals surface area contributed by atoms with Gasteiger partial charge in [-0.05, 0) is 44.4 Å². The second-order valence-corrected chi connectivity index (χ2v) is 6.51. The van der Waals surface area contributed by atoms with Gasteiger partial charge in [-0.15, -0.1) is 0 Å². The molecule has 0 atom stereocenters. The van der Waals surface area contributed by atoms with Crippen LogP contribution >= 0.6 is 0 Å². The van der Waals surface area contributed by atoms with Crippen molar-refractivity contribution < 1.29 is 4.79 Å². The van der Waals surface area contributed by atoms with E-state index in [4.69, 9.17) is 0 Å². The topological polar surface area (TPSA) is 29.1 Å². The van der Waals surface area contributed by atoms with Gasteiger partial charge in [0, 0.05) is 23.7 Å². The zero-order valence-electron chi connectivity index (χ0n) is 14.6. The molecule has 0 unspecified atom stereocenters. The molecule has 21 heavy (non-hydrogen) atoms. The van der Waals surface area contributed by atoms with E-state index in [9.17, 15) is 4.79 Å². The summed E-state index contributed by atoms with van der Waals surface area (Å²) in [4.78, 5) is 12.5. The highest BCUT2D eigenvalue weighted by molar-refractivity contribution is 5.92. The summed E-state index contributed by atoms with van der Waals surface area (Å²) in [7, 11) is 0. The SMILES string of the molecule is CCC(CC)C(=O)C=C(NC1CCCCC1)C(CC)CC. The second-order valence-electron chi connectivity index (χ2n) is 6.51. The third kappa shape index (κ3) is 5.84. The summed E-state index contributed by atoms with van der Waals surface area (Å²) in [5, 5.41) is 3.73. The van der Waals surface area contributed by atoms with Gasteiger partial charge in [0.1, 0.15) is 0 Å². The number of rotatable bonds is 9. The first-order valence-corrected chi connectivity index (χ1v) is 9.18. The van der Waals surface area contributed by atoms with Gasteiger partial charge in [0.25, 0.3) is 0 Å². The minimum atomic E-state index is 0.197. The predicted octanol–water partition coefficient (Wildman–Crippen LogP) is 5.23. The van der Waals surface area contributed by atoms with Gasteiger partial charge in [-0.2, -0.15) is 0 Å². The lowest BCUT2D eigenvalue weighted by Crippen LogP contribution is -2.33. The van der Waals surface area contributed by atoms with Gasteiger partial charge >= 0.3 is 0 Å². The van der Waals surface area contributed by atoms with E-state index in [1.165, 1.54) is 37.8 Å². The molecule has 0 aromatic heterocycles. The summed E-state index contributed by atoms with van der Waals surface area (Å²) in [6.45, 7) is 8.69. The van der Waals surface area contributed by atoms with Crippen LogP contribution in [0.15, 0.2) is 11.8 Å². The average molecular weight is 293 g/mol. The largest absolute Gasteiger partial charge is 0.385 e. The molecule has 1 fully saturated rings. The first-order chi connectivity index (χ1) is 10.2. The summed E-state index contributed by atoms with van der Waals surface area (Å²) in [6, 6.07) is 0.583. The highest BCUT2D eigenvalue weighted by atomic mass is 16.1. The fourth-order valence-corrected chi connectivity index (χ4v) is 3.45. The molecule has 0 bridgehead atoms. The number of hydrogen-bond donors (Lipinski definition) is 1. The van der Waals surface area contributed by atoms with Gasteiger partial charge in [0.2, 0.25) is 0 Å². The van der Waals surface area contributed by atoms with E-state index in [0.29, 0.717) is 17.7 Å². The zero-order valence-corrected chi connectivity index (χ0v) is 14.6. The molecule has 1 aliphatic carbocycles. The Kier molecular flexibility index (Phi) is 8.72. The lowest BCUT2D eigenvalue weighted by molar-refractivity contribution is -0.118. The predicted molar refractivity (Wildman–Crippen MR) is 91.2 cm³/mol. The molecule has 0 radical (unpaired) electrons. The molecule has 0 amide bonds. The Bertz CT molecular complexity index is 320. The maximum atomic E-state index is 12.5. The van der Waals surface area contributed by atoms with Crippen LogP contribution in [0, 0.1) is 11.8 Å². The van der Waals surface area contributed by atoms with E-state index in [0.717, 1.165) is 25.7 Å². The highest BCUT2D eigenvalue weighted by Gasteiger charge is 2.20. The standard InChI is InChI=1S/C19H35NO/c1-5-15(6-2)18(14-19(21)16(7-3)8-4)20-17-12-10-9-11-13-17/h14-17,20H,5-13H2,1-4H3. The fraction of sp³-hybridized carbons (Fsp3) is 0.842. The van der Waals surface area contributed by atoms with Gasteiger partial charge in [-0.1, -0.05) is 47.0 Å². The van der Waals surface area contributed by atoms with Crippen molar-refractivity contribution >= 4 is 5.78 Å². The van der Waals surface area contributed by atoms with Crippen molar-refractivity contribution in [2.24, 2.45) is 11.8 Å². The van der Waals surface area contributed by atoms with Crippen molar-refractivity contribution in [2.45, 2.75) is 91.5 Å². The maximum Gasteiger partial charge on any atom is 0.160 e. The molecule has 1 saturated carbocycles. The van der Waals surface area contributed by atoms with Crippen LogP contribution in [0.5, 0.6) is 0 Å². The third-order valence-corrected chi connectivity index (χ3v) is 5.09. The first kappa shape index (κ1) is 18.3. The molecular weight excluding hydrogens is 258 g/mol. The van der Waals surface area contributed by atoms with Crippen LogP contribution in [0.3, 0.4) is 0 Å². The van der Waals surface area contributed by atoms with Crippen molar-refractivity contribution in [3.8, 4) is 0 Å². The Hall–Kier alpha value is -0.790. The summed E-state index contributed by atoms with van der Waals surface area (Å²) in [6.07, 6.45) is 12.6. The van der Waals surface area contributed by atoms with Crippen LogP contribution in [0.2, 0.25) is 0 Å². The smallest absolute Gasteiger partial charge is 0.160 e. The molecule has 0 saturated heterocycles. The molecule has 1 aliphatic rings. The van der Waals surface area contributed by atoms with Crippen LogP contribution in [0.4, 0.5) is 0 Å². The second kappa shape index (κ2) is 10.0. The Morgan fingerprint density at radius 3 is 1.95 bits per heavy atom. The van der Waals surface area contributed by atoms with E-state index >= 15 is 0 Å². The Labute approximate surface area is 131 Å². The van der Waals surface area contributed by atoms with E-state index in [1.54, 1.807) is 0 Å². The summed E-state index contributed by atoms with van der Waals surface area (Å²) in [5.41, 5.74) is 1.21. The van der Waals surface area contributed by atoms with Crippen LogP contribution in [-0.4, -0.2) is 11.8 Å². The molecule has 0 aromatic rings. The van der Waals surface area contributed by atoms with Gasteiger partial charge in [-0.3, -0.25) is 4.79 Å². The Balaban J connectivity index is 2.81. The van der Waals surface area contributed by atoms with Crippen molar-refractivity contribution in [2.75, 3.05) is 0 Å². The molecule has 1 N–H and O–H groups in total. The molecule has 0 heterocycles. The summed E-state index contributed by atoms with van der Waals surface area (Å²) >= 11 is 0. The number of carbonyl (C=O) groups excluding carboxylic acids is 1. The number of hydrogen-bond acceptors (Lipinski definition) is 2. The molecule has 1 rings (SSSR count). The van der Waals surface area contributed by atoms with Crippen molar-refractivity contribution in [3.05, 3.63) is 11.8 Å². The lowest BCUT2D eigenvalue weighted by atomic mass is 9.90. The molecule has 0 aliphatic heterocycles. The van der Waals surface area contributed by atoms with E-state index < -0.39 is 0 Å². The zero-order chi connectivity index (χ0) is 15.7. The number of carbonyl (C=O) groups is 1. The van der Waals surface area contributed by atoms with Gasteiger partial charge in [0.15, 0.2) is 5.78 Å². The maximum absolute atomic E-state index is 12.5. The van der Waals surface area contributed by atoms with Crippen molar-refractivity contribution in [1.29, 1.82) is 0 Å². The number of allylic oxidation sites excluding steroid dienone is 2. The minimum Gasteiger partial charge on any atom is -0.385 e. The van der Waals surface area contributed by atoms with E-state index in [-0.39, 0.29) is 5.92 Å². The third-order valence-electron chi connectivity index (χ3n) is 5.09. The molecule has 0 spiro atoms. The Morgan fingerprint density at radius 2 is 1.48 bits per heavy atom. The van der Waals surface area contributed by atoms with Crippen molar-refractivity contribution in [1.82, 2.24) is 5.32 Å². The van der Waals surface area contributed by atoms with Gasteiger partial charge < -0.3 is 5.32 Å². The normalized spacial score (nSPS) is 17.5.